The van der Waals surface area contributed by atoms with Gasteiger partial charge in [0.15, 0.2) is 5.54 Å². The van der Waals surface area contributed by atoms with Crippen molar-refractivity contribution in [3.63, 3.8) is 0 Å². The van der Waals surface area contributed by atoms with Gasteiger partial charge in [-0.3, -0.25) is 0 Å². The van der Waals surface area contributed by atoms with Gasteiger partial charge < -0.3 is 11.5 Å². The first-order valence-electron chi connectivity index (χ1n) is 3.09. The summed E-state index contributed by atoms with van der Waals surface area (Å²) in [6.07, 6.45) is 0. The van der Waals surface area contributed by atoms with E-state index in [1.54, 1.807) is 0 Å². The fourth-order valence-electron chi connectivity index (χ4n) is 0.423. The molecule has 6 heteroatoms. The number of nitroso groups, excluding NO2 is 2. The standard InChI is InChI=1S/C5H12N4O2/c1-4(9-11,3-8-10)5(2,6)7/h3,6-7H2,1-2H3. The van der Waals surface area contributed by atoms with E-state index in [0.717, 1.165) is 0 Å². The number of nitrogens with two attached hydrogens (primary N) is 2. The summed E-state index contributed by atoms with van der Waals surface area (Å²) in [7, 11) is 0. The maximum Gasteiger partial charge on any atom is 0.153 e. The van der Waals surface area contributed by atoms with Gasteiger partial charge in [-0.05, 0) is 13.8 Å². The van der Waals surface area contributed by atoms with Crippen molar-refractivity contribution in [2.45, 2.75) is 25.0 Å². The molecule has 4 N–H and O–H groups in total. The van der Waals surface area contributed by atoms with E-state index in [9.17, 15) is 9.81 Å². The summed E-state index contributed by atoms with van der Waals surface area (Å²) in [6.45, 7) is 2.50. The molecular formula is C5H12N4O2. The Morgan fingerprint density at radius 2 is 1.73 bits per heavy atom. The van der Waals surface area contributed by atoms with Crippen LogP contribution < -0.4 is 11.5 Å². The molecule has 0 fully saturated rings. The molecule has 0 rings (SSSR count). The highest BCUT2D eigenvalue weighted by atomic mass is 16.3. The zero-order valence-corrected chi connectivity index (χ0v) is 6.57. The molecule has 0 aromatic heterocycles. The van der Waals surface area contributed by atoms with Crippen molar-refractivity contribution < 1.29 is 0 Å². The predicted molar refractivity (Wildman–Crippen MR) is 41.6 cm³/mol. The van der Waals surface area contributed by atoms with Crippen LogP contribution in [0.2, 0.25) is 0 Å². The summed E-state index contributed by atoms with van der Waals surface area (Å²) in [5.41, 5.74) is 8.15. The summed E-state index contributed by atoms with van der Waals surface area (Å²) in [4.78, 5) is 20.1. The summed E-state index contributed by atoms with van der Waals surface area (Å²) in [5.74, 6) is 0. The Morgan fingerprint density at radius 3 is 1.82 bits per heavy atom. The minimum absolute atomic E-state index is 0.306. The van der Waals surface area contributed by atoms with Crippen LogP contribution in [0.5, 0.6) is 0 Å². The van der Waals surface area contributed by atoms with Crippen molar-refractivity contribution in [3.05, 3.63) is 9.81 Å². The van der Waals surface area contributed by atoms with Gasteiger partial charge >= 0.3 is 0 Å². The molecule has 0 amide bonds. The van der Waals surface area contributed by atoms with E-state index < -0.39 is 11.2 Å². The summed E-state index contributed by atoms with van der Waals surface area (Å²) < 4.78 is 0. The largest absolute Gasteiger partial charge is 0.312 e. The van der Waals surface area contributed by atoms with Gasteiger partial charge in [0.25, 0.3) is 0 Å². The Balaban J connectivity index is 4.58. The zero-order chi connectivity index (χ0) is 9.12. The van der Waals surface area contributed by atoms with Crippen molar-refractivity contribution >= 4 is 0 Å². The van der Waals surface area contributed by atoms with Crippen LogP contribution in [0, 0.1) is 9.81 Å². The number of hydrogen-bond donors (Lipinski definition) is 2. The minimum Gasteiger partial charge on any atom is -0.312 e. The molecule has 1 atom stereocenters. The first kappa shape index (κ1) is 10.1. The van der Waals surface area contributed by atoms with E-state index >= 15 is 0 Å². The van der Waals surface area contributed by atoms with Crippen LogP contribution in [0.1, 0.15) is 13.8 Å². The Morgan fingerprint density at radius 1 is 1.27 bits per heavy atom. The molecule has 0 saturated heterocycles. The molecule has 6 nitrogen and oxygen atoms in total. The van der Waals surface area contributed by atoms with E-state index in [1.165, 1.54) is 13.8 Å². The van der Waals surface area contributed by atoms with Crippen LogP contribution in [-0.2, 0) is 0 Å². The van der Waals surface area contributed by atoms with Gasteiger partial charge in [0, 0.05) is 0 Å². The Kier molecular flexibility index (Phi) is 2.77. The third-order valence-electron chi connectivity index (χ3n) is 1.73. The lowest BCUT2D eigenvalue weighted by molar-refractivity contribution is 0.276. The third kappa shape index (κ3) is 2.02. The fraction of sp³-hybridized carbons (Fsp3) is 1.00. The number of nitrogens with zero attached hydrogens (tertiary/aromatic N) is 2. The van der Waals surface area contributed by atoms with Gasteiger partial charge in [-0.1, -0.05) is 10.4 Å². The number of rotatable bonds is 4. The molecule has 0 aliphatic rings. The lowest BCUT2D eigenvalue weighted by Gasteiger charge is -2.32. The van der Waals surface area contributed by atoms with Gasteiger partial charge in [0.2, 0.25) is 0 Å². The molecule has 0 aromatic carbocycles. The van der Waals surface area contributed by atoms with E-state index in [0.29, 0.717) is 0 Å². The highest BCUT2D eigenvalue weighted by molar-refractivity contribution is 5.01. The monoisotopic (exact) mass is 160 g/mol. The van der Waals surface area contributed by atoms with Gasteiger partial charge in [-0.2, -0.15) is 9.81 Å². The summed E-state index contributed by atoms with van der Waals surface area (Å²) in [5, 5.41) is 5.23. The second kappa shape index (κ2) is 3.02. The second-order valence-corrected chi connectivity index (χ2v) is 2.94. The highest BCUT2D eigenvalue weighted by Crippen LogP contribution is 2.19. The van der Waals surface area contributed by atoms with Crippen LogP contribution in [0.15, 0.2) is 10.4 Å². The molecule has 0 aromatic rings. The topological polar surface area (TPSA) is 111 Å². The Hall–Kier alpha value is -0.880. The van der Waals surface area contributed by atoms with E-state index in [1.807, 2.05) is 0 Å². The van der Waals surface area contributed by atoms with Crippen molar-refractivity contribution in [1.82, 2.24) is 0 Å². The van der Waals surface area contributed by atoms with Crippen molar-refractivity contribution in [3.8, 4) is 0 Å². The van der Waals surface area contributed by atoms with Crippen molar-refractivity contribution in [1.29, 1.82) is 0 Å². The van der Waals surface area contributed by atoms with Crippen LogP contribution in [0.25, 0.3) is 0 Å². The maximum atomic E-state index is 10.3. The molecule has 0 heterocycles. The van der Waals surface area contributed by atoms with E-state index in [4.69, 9.17) is 11.5 Å². The lowest BCUT2D eigenvalue weighted by Crippen LogP contribution is -2.63. The lowest BCUT2D eigenvalue weighted by atomic mass is 9.89. The zero-order valence-electron chi connectivity index (χ0n) is 6.57. The molecular weight excluding hydrogens is 148 g/mol. The molecule has 1 unspecified atom stereocenters. The SMILES string of the molecule is CC(N)(N)C(C)(CN=O)N=O. The predicted octanol–water partition coefficient (Wildman–Crippen LogP) is -0.0885. The Labute approximate surface area is 64.3 Å². The summed E-state index contributed by atoms with van der Waals surface area (Å²) >= 11 is 0. The minimum atomic E-state index is -1.32. The third-order valence-corrected chi connectivity index (χ3v) is 1.73. The average Bonchev–Trinajstić information content (AvgIpc) is 1.86. The van der Waals surface area contributed by atoms with Gasteiger partial charge in [-0.25, -0.2) is 0 Å². The van der Waals surface area contributed by atoms with Crippen LogP contribution in [0.3, 0.4) is 0 Å². The number of hydrogen-bond acceptors (Lipinski definition) is 6. The van der Waals surface area contributed by atoms with Crippen LogP contribution >= 0.6 is 0 Å². The van der Waals surface area contributed by atoms with E-state index in [-0.39, 0.29) is 6.54 Å². The Bertz CT molecular complexity index is 164. The molecule has 11 heavy (non-hydrogen) atoms. The van der Waals surface area contributed by atoms with Gasteiger partial charge in [0.05, 0.1) is 5.66 Å². The molecule has 0 radical (unpaired) electrons. The molecule has 0 aliphatic carbocycles. The quantitative estimate of drug-likeness (QED) is 0.442. The van der Waals surface area contributed by atoms with Crippen molar-refractivity contribution in [2.75, 3.05) is 6.54 Å². The second-order valence-electron chi connectivity index (χ2n) is 2.94. The first-order valence-corrected chi connectivity index (χ1v) is 3.09. The fourth-order valence-corrected chi connectivity index (χ4v) is 0.423. The highest BCUT2D eigenvalue weighted by Gasteiger charge is 2.41. The molecule has 0 spiro atoms. The molecule has 0 saturated carbocycles. The van der Waals surface area contributed by atoms with Gasteiger partial charge in [-0.15, -0.1) is 0 Å². The average molecular weight is 160 g/mol. The first-order chi connectivity index (χ1) is 4.87. The van der Waals surface area contributed by atoms with Crippen molar-refractivity contribution in [2.24, 2.45) is 21.8 Å². The van der Waals surface area contributed by atoms with Crippen LogP contribution in [-0.4, -0.2) is 17.7 Å². The smallest absolute Gasteiger partial charge is 0.153 e. The maximum absolute atomic E-state index is 10.3. The molecule has 0 aliphatic heterocycles. The van der Waals surface area contributed by atoms with Gasteiger partial charge in [0.1, 0.15) is 6.54 Å². The normalized spacial score (nSPS) is 17.1. The summed E-state index contributed by atoms with van der Waals surface area (Å²) in [6, 6.07) is 0. The molecule has 64 valence electrons. The van der Waals surface area contributed by atoms with E-state index in [2.05, 4.69) is 10.4 Å². The van der Waals surface area contributed by atoms with Crippen LogP contribution in [0.4, 0.5) is 0 Å². The molecule has 0 bridgehead atoms.